The Morgan fingerprint density at radius 2 is 1.94 bits per heavy atom. The monoisotopic (exact) mass is 431 g/mol. The molecule has 1 saturated carbocycles. The van der Waals surface area contributed by atoms with Crippen molar-refractivity contribution in [3.05, 3.63) is 29.3 Å². The average Bonchev–Trinajstić information content (AvgIpc) is 2.78. The minimum Gasteiger partial charge on any atom is -0.508 e. The van der Waals surface area contributed by atoms with Crippen LogP contribution >= 0.6 is 0 Å². The summed E-state index contributed by atoms with van der Waals surface area (Å²) in [5.74, 6) is 0.262. The van der Waals surface area contributed by atoms with Crippen LogP contribution in [0.2, 0.25) is 0 Å². The molecule has 0 saturated heterocycles. The van der Waals surface area contributed by atoms with Gasteiger partial charge in [-0.05, 0) is 54.9 Å². The molecule has 0 spiro atoms. The van der Waals surface area contributed by atoms with E-state index in [1.165, 1.54) is 43.2 Å². The Morgan fingerprint density at radius 3 is 2.55 bits per heavy atom. The second-order valence-electron chi connectivity index (χ2n) is 9.70. The highest BCUT2D eigenvalue weighted by atomic mass is 16.5. The molecule has 0 heterocycles. The fraction of sp³-hybridized carbons (Fsp3) is 0.731. The first-order chi connectivity index (χ1) is 14.9. The lowest BCUT2D eigenvalue weighted by Gasteiger charge is -2.50. The first kappa shape index (κ1) is 24.1. The van der Waals surface area contributed by atoms with E-state index >= 15 is 0 Å². The SMILES string of the molecule is CCC1(CC)c2cc(O)ccc2C[C@@H](OC)[C@H]1NC(CCC(=O)O)CC1CCCCC1. The van der Waals surface area contributed by atoms with Crippen molar-refractivity contribution < 1.29 is 19.7 Å². The van der Waals surface area contributed by atoms with Gasteiger partial charge in [-0.1, -0.05) is 52.0 Å². The molecule has 3 N–H and O–H groups in total. The van der Waals surface area contributed by atoms with Gasteiger partial charge in [-0.2, -0.15) is 0 Å². The van der Waals surface area contributed by atoms with Gasteiger partial charge in [0.2, 0.25) is 0 Å². The standard InChI is InChI=1S/C26H41NO4/c1-4-26(5-2)22-17-21(28)13-11-19(22)16-23(31-3)25(26)27-20(12-14-24(29)30)15-18-9-7-6-8-10-18/h11,13,17-18,20,23,25,27-28H,4-10,12,14-16H2,1-3H3,(H,29,30)/t20?,23-,25-/m1/s1. The van der Waals surface area contributed by atoms with E-state index in [-0.39, 0.29) is 30.0 Å². The largest absolute Gasteiger partial charge is 0.508 e. The average molecular weight is 432 g/mol. The van der Waals surface area contributed by atoms with Crippen molar-refractivity contribution in [1.82, 2.24) is 5.32 Å². The molecule has 2 aliphatic rings. The molecule has 3 atom stereocenters. The van der Waals surface area contributed by atoms with Crippen molar-refractivity contribution in [1.29, 1.82) is 0 Å². The summed E-state index contributed by atoms with van der Waals surface area (Å²) in [5.41, 5.74) is 2.32. The molecule has 0 aliphatic heterocycles. The van der Waals surface area contributed by atoms with Crippen molar-refractivity contribution in [2.45, 2.75) is 108 Å². The second-order valence-corrected chi connectivity index (χ2v) is 9.70. The molecule has 174 valence electrons. The summed E-state index contributed by atoms with van der Waals surface area (Å²) in [6.07, 6.45) is 11.0. The highest BCUT2D eigenvalue weighted by molar-refractivity contribution is 5.66. The first-order valence-electron chi connectivity index (χ1n) is 12.3. The second kappa shape index (κ2) is 10.8. The summed E-state index contributed by atoms with van der Waals surface area (Å²) >= 11 is 0. The van der Waals surface area contributed by atoms with Gasteiger partial charge >= 0.3 is 5.97 Å². The van der Waals surface area contributed by atoms with Crippen LogP contribution in [0.15, 0.2) is 18.2 Å². The molecular formula is C26H41NO4. The predicted molar refractivity (Wildman–Crippen MR) is 124 cm³/mol. The van der Waals surface area contributed by atoms with E-state index in [0.29, 0.717) is 18.1 Å². The molecule has 1 aromatic rings. The van der Waals surface area contributed by atoms with Crippen LogP contribution in [-0.2, 0) is 21.4 Å². The third-order valence-electron chi connectivity index (χ3n) is 8.05. The van der Waals surface area contributed by atoms with E-state index < -0.39 is 5.97 Å². The number of carbonyl (C=O) groups is 1. The van der Waals surface area contributed by atoms with Crippen molar-refractivity contribution in [3.8, 4) is 5.75 Å². The Bertz CT molecular complexity index is 724. The fourth-order valence-electron chi connectivity index (χ4n) is 6.27. The number of phenolic OH excluding ortho intramolecular Hbond substituents is 1. The Kier molecular flexibility index (Phi) is 8.40. The molecule has 1 unspecified atom stereocenters. The van der Waals surface area contributed by atoms with Crippen LogP contribution in [0.3, 0.4) is 0 Å². The number of hydrogen-bond acceptors (Lipinski definition) is 4. The van der Waals surface area contributed by atoms with Crippen LogP contribution in [0.5, 0.6) is 5.75 Å². The molecule has 1 fully saturated rings. The molecule has 0 amide bonds. The van der Waals surface area contributed by atoms with Crippen molar-refractivity contribution in [2.24, 2.45) is 5.92 Å². The maximum absolute atomic E-state index is 11.4. The summed E-state index contributed by atoms with van der Waals surface area (Å²) in [5, 5.41) is 23.5. The number of rotatable bonds is 10. The molecule has 5 heteroatoms. The van der Waals surface area contributed by atoms with Gasteiger partial charge in [0.15, 0.2) is 0 Å². The minimum atomic E-state index is -0.727. The van der Waals surface area contributed by atoms with Gasteiger partial charge in [0.25, 0.3) is 0 Å². The normalized spacial score (nSPS) is 24.5. The van der Waals surface area contributed by atoms with Crippen LogP contribution in [-0.4, -0.2) is 41.5 Å². The van der Waals surface area contributed by atoms with E-state index in [4.69, 9.17) is 4.74 Å². The van der Waals surface area contributed by atoms with Crippen LogP contribution in [0.25, 0.3) is 0 Å². The van der Waals surface area contributed by atoms with E-state index in [0.717, 1.165) is 25.7 Å². The van der Waals surface area contributed by atoms with E-state index in [2.05, 4.69) is 19.2 Å². The topological polar surface area (TPSA) is 78.8 Å². The van der Waals surface area contributed by atoms with Gasteiger partial charge in [-0.3, -0.25) is 4.79 Å². The number of aliphatic carboxylic acids is 1. The van der Waals surface area contributed by atoms with Crippen molar-refractivity contribution in [3.63, 3.8) is 0 Å². The lowest BCUT2D eigenvalue weighted by molar-refractivity contribution is -0.137. The summed E-state index contributed by atoms with van der Waals surface area (Å²) in [4.78, 5) is 11.4. The zero-order valence-electron chi connectivity index (χ0n) is 19.5. The Balaban J connectivity index is 1.91. The molecule has 1 aromatic carbocycles. The van der Waals surface area contributed by atoms with Gasteiger partial charge in [-0.15, -0.1) is 0 Å². The number of carboxylic acids is 1. The first-order valence-corrected chi connectivity index (χ1v) is 12.3. The van der Waals surface area contributed by atoms with Crippen molar-refractivity contribution in [2.75, 3.05) is 7.11 Å². The van der Waals surface area contributed by atoms with Gasteiger partial charge in [-0.25, -0.2) is 0 Å². The zero-order chi connectivity index (χ0) is 22.4. The van der Waals surface area contributed by atoms with E-state index in [1.807, 2.05) is 12.1 Å². The summed E-state index contributed by atoms with van der Waals surface area (Å²) < 4.78 is 6.02. The number of carboxylic acid groups (broad SMARTS) is 1. The Labute approximate surface area is 187 Å². The van der Waals surface area contributed by atoms with Crippen LogP contribution < -0.4 is 5.32 Å². The molecule has 31 heavy (non-hydrogen) atoms. The summed E-state index contributed by atoms with van der Waals surface area (Å²) in [7, 11) is 1.79. The van der Waals surface area contributed by atoms with Gasteiger partial charge in [0.05, 0.1) is 6.10 Å². The Morgan fingerprint density at radius 1 is 1.23 bits per heavy atom. The van der Waals surface area contributed by atoms with Gasteiger partial charge < -0.3 is 20.3 Å². The molecule has 0 bridgehead atoms. The lowest BCUT2D eigenvalue weighted by atomic mass is 9.62. The number of nitrogens with one attached hydrogen (secondary N) is 1. The number of methoxy groups -OCH3 is 1. The maximum atomic E-state index is 11.4. The van der Waals surface area contributed by atoms with Crippen LogP contribution in [0, 0.1) is 5.92 Å². The third-order valence-corrected chi connectivity index (χ3v) is 8.05. The van der Waals surface area contributed by atoms with Crippen LogP contribution in [0.1, 0.15) is 89.2 Å². The van der Waals surface area contributed by atoms with Gasteiger partial charge in [0.1, 0.15) is 5.75 Å². The summed E-state index contributed by atoms with van der Waals surface area (Å²) in [6, 6.07) is 6.00. The number of fused-ring (bicyclic) bond motifs is 1. The highest BCUT2D eigenvalue weighted by Gasteiger charge is 2.47. The predicted octanol–water partition coefficient (Wildman–Crippen LogP) is 5.18. The van der Waals surface area contributed by atoms with E-state index in [9.17, 15) is 15.0 Å². The smallest absolute Gasteiger partial charge is 0.303 e. The third kappa shape index (κ3) is 5.43. The van der Waals surface area contributed by atoms with Crippen molar-refractivity contribution >= 4 is 5.97 Å². The number of hydrogen-bond donors (Lipinski definition) is 3. The Hall–Kier alpha value is -1.59. The molecular weight excluding hydrogens is 390 g/mol. The summed E-state index contributed by atoms with van der Waals surface area (Å²) in [6.45, 7) is 4.44. The maximum Gasteiger partial charge on any atom is 0.303 e. The number of ether oxygens (including phenoxy) is 1. The number of aromatic hydroxyl groups is 1. The molecule has 3 rings (SSSR count). The lowest BCUT2D eigenvalue weighted by Crippen LogP contribution is -2.61. The molecule has 0 radical (unpaired) electrons. The number of phenols is 1. The van der Waals surface area contributed by atoms with Gasteiger partial charge in [0, 0.05) is 37.5 Å². The molecule has 2 aliphatic carbocycles. The number of benzene rings is 1. The zero-order valence-corrected chi connectivity index (χ0v) is 19.5. The van der Waals surface area contributed by atoms with Crippen LogP contribution in [0.4, 0.5) is 0 Å². The highest BCUT2D eigenvalue weighted by Crippen LogP contribution is 2.45. The molecule has 0 aromatic heterocycles. The quantitative estimate of drug-likeness (QED) is 0.475. The minimum absolute atomic E-state index is 0.0237. The van der Waals surface area contributed by atoms with E-state index in [1.54, 1.807) is 13.2 Å². The fourth-order valence-corrected chi connectivity index (χ4v) is 6.27. The molecule has 5 nitrogen and oxygen atoms in total.